The summed E-state index contributed by atoms with van der Waals surface area (Å²) in [5, 5.41) is 0.248. The van der Waals surface area contributed by atoms with Crippen LogP contribution >= 0.6 is 11.6 Å². The average Bonchev–Trinajstić information content (AvgIpc) is 1.80. The first kappa shape index (κ1) is 11.5. The van der Waals surface area contributed by atoms with Gasteiger partial charge in [0, 0.05) is 10.8 Å². The van der Waals surface area contributed by atoms with E-state index in [1.807, 2.05) is 0 Å². The Morgan fingerprint density at radius 2 is 1.69 bits per heavy atom. The van der Waals surface area contributed by atoms with E-state index in [9.17, 15) is 0 Å². The van der Waals surface area contributed by atoms with Crippen molar-refractivity contribution in [3.8, 4) is 0 Å². The van der Waals surface area contributed by atoms with Gasteiger partial charge in [-0.05, 0) is 33.0 Å². The zero-order chi connectivity index (χ0) is 10.5. The highest BCUT2D eigenvalue weighted by Crippen LogP contribution is 2.48. The second-order valence-corrected chi connectivity index (χ2v) is 10.4. The van der Waals surface area contributed by atoms with Crippen molar-refractivity contribution < 1.29 is 4.43 Å². The van der Waals surface area contributed by atoms with E-state index in [-0.39, 0.29) is 16.4 Å². The van der Waals surface area contributed by atoms with E-state index in [4.69, 9.17) is 16.0 Å². The van der Waals surface area contributed by atoms with Crippen LogP contribution in [0.5, 0.6) is 0 Å². The summed E-state index contributed by atoms with van der Waals surface area (Å²) >= 11 is 6.43. The van der Waals surface area contributed by atoms with Gasteiger partial charge in [-0.15, -0.1) is 11.6 Å². The van der Waals surface area contributed by atoms with Crippen molar-refractivity contribution in [3.63, 3.8) is 0 Å². The maximum absolute atomic E-state index is 6.43. The summed E-state index contributed by atoms with van der Waals surface area (Å²) in [7, 11) is -1.51. The van der Waals surface area contributed by atoms with Crippen molar-refractivity contribution in [1.29, 1.82) is 0 Å². The van der Waals surface area contributed by atoms with E-state index in [2.05, 4.69) is 40.8 Å². The molecule has 0 spiro atoms. The summed E-state index contributed by atoms with van der Waals surface area (Å²) in [5.74, 6) is 0. The van der Waals surface area contributed by atoms with Gasteiger partial charge in [0.05, 0.1) is 5.60 Å². The lowest BCUT2D eigenvalue weighted by atomic mass is 9.75. The predicted molar refractivity (Wildman–Crippen MR) is 60.9 cm³/mol. The summed E-state index contributed by atoms with van der Waals surface area (Å²) in [6, 6.07) is 1.06. The molecule has 0 aromatic carbocycles. The van der Waals surface area contributed by atoms with Crippen LogP contribution in [-0.2, 0) is 4.43 Å². The van der Waals surface area contributed by atoms with Crippen LogP contribution < -0.4 is 0 Å². The fourth-order valence-corrected chi connectivity index (χ4v) is 6.41. The lowest BCUT2D eigenvalue weighted by Crippen LogP contribution is -2.59. The molecule has 0 amide bonds. The molecule has 13 heavy (non-hydrogen) atoms. The smallest absolute Gasteiger partial charge is 0.188 e. The van der Waals surface area contributed by atoms with E-state index in [1.165, 1.54) is 0 Å². The summed E-state index contributed by atoms with van der Waals surface area (Å²) in [6.07, 6.45) is 0. The first-order valence-corrected chi connectivity index (χ1v) is 8.48. The molecule has 1 saturated heterocycles. The standard InChI is InChI=1S/C10H21ClOSi/c1-9(2)8(11)7-13(5,6)12-10(9,3)4/h8H,7H2,1-6H3. The monoisotopic (exact) mass is 220 g/mol. The average molecular weight is 221 g/mol. The van der Waals surface area contributed by atoms with Gasteiger partial charge < -0.3 is 4.43 Å². The fourth-order valence-electron chi connectivity index (χ4n) is 1.93. The van der Waals surface area contributed by atoms with Crippen LogP contribution in [0.2, 0.25) is 19.1 Å². The minimum Gasteiger partial charge on any atom is -0.412 e. The van der Waals surface area contributed by atoms with Crippen LogP contribution in [0.25, 0.3) is 0 Å². The van der Waals surface area contributed by atoms with Crippen LogP contribution in [0.3, 0.4) is 0 Å². The Kier molecular flexibility index (Phi) is 2.64. The highest BCUT2D eigenvalue weighted by molar-refractivity contribution is 6.72. The van der Waals surface area contributed by atoms with Crippen molar-refractivity contribution in [1.82, 2.24) is 0 Å². The molecule has 78 valence electrons. The Morgan fingerprint density at radius 3 is 2.08 bits per heavy atom. The number of hydrogen-bond donors (Lipinski definition) is 0. The Morgan fingerprint density at radius 1 is 1.23 bits per heavy atom. The Labute approximate surface area is 87.9 Å². The van der Waals surface area contributed by atoms with E-state index in [1.54, 1.807) is 0 Å². The molecule has 1 nitrogen and oxygen atoms in total. The molecule has 0 N–H and O–H groups in total. The molecule has 1 aliphatic rings. The van der Waals surface area contributed by atoms with E-state index >= 15 is 0 Å². The summed E-state index contributed by atoms with van der Waals surface area (Å²) in [4.78, 5) is 0. The fraction of sp³-hybridized carbons (Fsp3) is 1.00. The first-order chi connectivity index (χ1) is 5.58. The molecule has 1 fully saturated rings. The van der Waals surface area contributed by atoms with Gasteiger partial charge in [0.15, 0.2) is 8.32 Å². The largest absolute Gasteiger partial charge is 0.412 e. The Hall–Kier alpha value is 0.467. The third-order valence-electron chi connectivity index (χ3n) is 3.54. The molecule has 1 unspecified atom stereocenters. The minimum atomic E-state index is -1.51. The quantitative estimate of drug-likeness (QED) is 0.448. The lowest BCUT2D eigenvalue weighted by molar-refractivity contribution is -0.0363. The van der Waals surface area contributed by atoms with Crippen LogP contribution in [-0.4, -0.2) is 19.3 Å². The van der Waals surface area contributed by atoms with Gasteiger partial charge in [0.25, 0.3) is 0 Å². The molecular weight excluding hydrogens is 200 g/mol. The van der Waals surface area contributed by atoms with Crippen LogP contribution in [0.1, 0.15) is 27.7 Å². The number of hydrogen-bond acceptors (Lipinski definition) is 1. The van der Waals surface area contributed by atoms with E-state index in [0.29, 0.717) is 0 Å². The second-order valence-electron chi connectivity index (χ2n) is 5.77. The van der Waals surface area contributed by atoms with Crippen molar-refractivity contribution in [2.24, 2.45) is 5.41 Å². The Balaban J connectivity index is 2.96. The third kappa shape index (κ3) is 1.95. The van der Waals surface area contributed by atoms with Gasteiger partial charge in [-0.3, -0.25) is 0 Å². The molecule has 0 aromatic rings. The Bertz CT molecular complexity index is 211. The molecule has 1 aliphatic heterocycles. The molecule has 1 heterocycles. The third-order valence-corrected chi connectivity index (χ3v) is 6.95. The highest BCUT2D eigenvalue weighted by atomic mass is 35.5. The lowest BCUT2D eigenvalue weighted by Gasteiger charge is -2.54. The molecule has 0 radical (unpaired) electrons. The van der Waals surface area contributed by atoms with Gasteiger partial charge in [-0.2, -0.15) is 0 Å². The minimum absolute atomic E-state index is 0.0665. The molecule has 1 atom stereocenters. The zero-order valence-corrected chi connectivity index (χ0v) is 11.3. The molecule has 0 saturated carbocycles. The van der Waals surface area contributed by atoms with E-state index < -0.39 is 8.32 Å². The summed E-state index contributed by atoms with van der Waals surface area (Å²) < 4.78 is 6.20. The maximum Gasteiger partial charge on any atom is 0.188 e. The zero-order valence-electron chi connectivity index (χ0n) is 9.57. The molecule has 3 heteroatoms. The SMILES string of the molecule is CC1(C)O[Si](C)(C)CC(Cl)C1(C)C. The summed E-state index contributed by atoms with van der Waals surface area (Å²) in [6.45, 7) is 13.2. The van der Waals surface area contributed by atoms with Crippen molar-refractivity contribution >= 4 is 19.9 Å². The molecular formula is C10H21ClOSi. The van der Waals surface area contributed by atoms with Crippen molar-refractivity contribution in [3.05, 3.63) is 0 Å². The molecule has 0 aliphatic carbocycles. The van der Waals surface area contributed by atoms with E-state index in [0.717, 1.165) is 6.04 Å². The number of halogens is 1. The van der Waals surface area contributed by atoms with Gasteiger partial charge >= 0.3 is 0 Å². The topological polar surface area (TPSA) is 9.23 Å². The number of alkyl halides is 1. The van der Waals surface area contributed by atoms with Gasteiger partial charge in [-0.1, -0.05) is 13.8 Å². The maximum atomic E-state index is 6.43. The van der Waals surface area contributed by atoms with Gasteiger partial charge in [0.1, 0.15) is 0 Å². The van der Waals surface area contributed by atoms with Crippen LogP contribution in [0.15, 0.2) is 0 Å². The van der Waals surface area contributed by atoms with Crippen LogP contribution in [0, 0.1) is 5.41 Å². The van der Waals surface area contributed by atoms with Gasteiger partial charge in [0.2, 0.25) is 0 Å². The van der Waals surface area contributed by atoms with Crippen LogP contribution in [0.4, 0.5) is 0 Å². The molecule has 0 bridgehead atoms. The highest BCUT2D eigenvalue weighted by Gasteiger charge is 2.52. The number of rotatable bonds is 0. The summed E-state index contributed by atoms with van der Waals surface area (Å²) in [5.41, 5.74) is -0.0233. The molecule has 0 aromatic heterocycles. The predicted octanol–water partition coefficient (Wildman–Crippen LogP) is 3.63. The van der Waals surface area contributed by atoms with Crippen molar-refractivity contribution in [2.75, 3.05) is 0 Å². The van der Waals surface area contributed by atoms with Gasteiger partial charge in [-0.25, -0.2) is 0 Å². The molecule has 1 rings (SSSR count). The second kappa shape index (κ2) is 2.98. The normalized spacial score (nSPS) is 35.8. The van der Waals surface area contributed by atoms with Crippen molar-refractivity contribution in [2.45, 2.75) is 57.8 Å². The first-order valence-electron chi connectivity index (χ1n) is 4.93.